The molecular formula is C10H18N2O5. The molecule has 0 spiro atoms. The fourth-order valence-corrected chi connectivity index (χ4v) is 1.58. The molecule has 7 heteroatoms. The summed E-state index contributed by atoms with van der Waals surface area (Å²) in [5.74, 6) is -0.888. The van der Waals surface area contributed by atoms with Gasteiger partial charge in [0, 0.05) is 19.8 Å². The predicted octanol–water partition coefficient (Wildman–Crippen LogP) is -0.842. The number of hydrogen-bond acceptors (Lipinski definition) is 4. The molecule has 1 saturated heterocycles. The second kappa shape index (κ2) is 7.08. The average molecular weight is 246 g/mol. The van der Waals surface area contributed by atoms with Crippen molar-refractivity contribution in [2.24, 2.45) is 5.92 Å². The molecule has 0 aromatic carbocycles. The van der Waals surface area contributed by atoms with E-state index >= 15 is 0 Å². The van der Waals surface area contributed by atoms with E-state index < -0.39 is 24.6 Å². The average Bonchev–Trinajstić information content (AvgIpc) is 2.34. The van der Waals surface area contributed by atoms with Crippen molar-refractivity contribution in [3.8, 4) is 0 Å². The number of carboxylic acids is 1. The normalized spacial score (nSPS) is 18.4. The molecule has 0 aromatic heterocycles. The van der Waals surface area contributed by atoms with Crippen LogP contribution < -0.4 is 10.6 Å². The van der Waals surface area contributed by atoms with Gasteiger partial charge in [-0.1, -0.05) is 0 Å². The largest absolute Gasteiger partial charge is 0.480 e. The van der Waals surface area contributed by atoms with E-state index in [2.05, 4.69) is 10.6 Å². The summed E-state index contributed by atoms with van der Waals surface area (Å²) in [7, 11) is 0. The highest BCUT2D eigenvalue weighted by molar-refractivity contribution is 5.82. The van der Waals surface area contributed by atoms with Crippen LogP contribution in [0.4, 0.5) is 4.79 Å². The number of nitrogens with one attached hydrogen (secondary N) is 2. The van der Waals surface area contributed by atoms with Gasteiger partial charge in [0.2, 0.25) is 0 Å². The molecular weight excluding hydrogens is 228 g/mol. The number of carbonyl (C=O) groups is 2. The lowest BCUT2D eigenvalue weighted by Crippen LogP contribution is -2.49. The first-order valence-electron chi connectivity index (χ1n) is 5.59. The summed E-state index contributed by atoms with van der Waals surface area (Å²) in [5, 5.41) is 22.1. The minimum atomic E-state index is -1.26. The molecule has 0 radical (unpaired) electrons. The van der Waals surface area contributed by atoms with E-state index in [4.69, 9.17) is 14.9 Å². The lowest BCUT2D eigenvalue weighted by Gasteiger charge is -2.22. The van der Waals surface area contributed by atoms with Crippen LogP contribution in [-0.4, -0.2) is 54.6 Å². The molecule has 1 heterocycles. The third-order valence-electron chi connectivity index (χ3n) is 2.68. The second-order valence-corrected chi connectivity index (χ2v) is 3.98. The maximum Gasteiger partial charge on any atom is 0.328 e. The number of ether oxygens (including phenoxy) is 1. The highest BCUT2D eigenvalue weighted by Gasteiger charge is 2.19. The van der Waals surface area contributed by atoms with Gasteiger partial charge in [0.1, 0.15) is 0 Å². The lowest BCUT2D eigenvalue weighted by atomic mass is 10.0. The minimum absolute atomic E-state index is 0.368. The molecule has 17 heavy (non-hydrogen) atoms. The van der Waals surface area contributed by atoms with Crippen molar-refractivity contribution in [3.05, 3.63) is 0 Å². The lowest BCUT2D eigenvalue weighted by molar-refractivity contribution is -0.140. The van der Waals surface area contributed by atoms with Gasteiger partial charge in [-0.2, -0.15) is 0 Å². The number of amides is 2. The Hall–Kier alpha value is -1.34. The van der Waals surface area contributed by atoms with Crippen LogP contribution in [0.2, 0.25) is 0 Å². The summed E-state index contributed by atoms with van der Waals surface area (Å²) in [4.78, 5) is 21.9. The molecule has 1 atom stereocenters. The Morgan fingerprint density at radius 3 is 2.53 bits per heavy atom. The first-order valence-corrected chi connectivity index (χ1v) is 5.59. The van der Waals surface area contributed by atoms with Crippen LogP contribution in [0.5, 0.6) is 0 Å². The Morgan fingerprint density at radius 2 is 2.00 bits per heavy atom. The molecule has 0 aliphatic carbocycles. The van der Waals surface area contributed by atoms with Crippen LogP contribution in [-0.2, 0) is 9.53 Å². The van der Waals surface area contributed by atoms with E-state index in [9.17, 15) is 9.59 Å². The summed E-state index contributed by atoms with van der Waals surface area (Å²) in [5.41, 5.74) is 0. The fourth-order valence-electron chi connectivity index (χ4n) is 1.58. The van der Waals surface area contributed by atoms with E-state index in [0.29, 0.717) is 25.7 Å². The maximum absolute atomic E-state index is 11.3. The number of carboxylic acid groups (broad SMARTS) is 1. The van der Waals surface area contributed by atoms with E-state index in [1.54, 1.807) is 0 Å². The SMILES string of the molecule is O=C(NCC1CCOCC1)N[C@@H](CO)C(=O)O. The van der Waals surface area contributed by atoms with Gasteiger partial charge in [-0.3, -0.25) is 0 Å². The summed E-state index contributed by atoms with van der Waals surface area (Å²) in [6.07, 6.45) is 1.78. The molecule has 4 N–H and O–H groups in total. The van der Waals surface area contributed by atoms with Crippen molar-refractivity contribution in [3.63, 3.8) is 0 Å². The molecule has 0 aromatic rings. The molecule has 7 nitrogen and oxygen atoms in total. The van der Waals surface area contributed by atoms with E-state index in [0.717, 1.165) is 12.8 Å². The zero-order valence-electron chi connectivity index (χ0n) is 9.52. The molecule has 1 rings (SSSR count). The van der Waals surface area contributed by atoms with Crippen LogP contribution in [0.15, 0.2) is 0 Å². The van der Waals surface area contributed by atoms with E-state index in [-0.39, 0.29) is 0 Å². The third kappa shape index (κ3) is 5.01. The Labute approximate surface area is 99.1 Å². The molecule has 2 amide bonds. The number of carbonyl (C=O) groups excluding carboxylic acids is 1. The Balaban J connectivity index is 2.21. The molecule has 0 saturated carbocycles. The van der Waals surface area contributed by atoms with Crippen LogP contribution in [0, 0.1) is 5.92 Å². The zero-order valence-corrected chi connectivity index (χ0v) is 9.52. The quantitative estimate of drug-likeness (QED) is 0.506. The number of aliphatic hydroxyl groups is 1. The van der Waals surface area contributed by atoms with Gasteiger partial charge >= 0.3 is 12.0 Å². The van der Waals surface area contributed by atoms with Crippen LogP contribution >= 0.6 is 0 Å². The van der Waals surface area contributed by atoms with Gasteiger partial charge in [0.15, 0.2) is 6.04 Å². The van der Waals surface area contributed by atoms with Crippen LogP contribution in [0.25, 0.3) is 0 Å². The van der Waals surface area contributed by atoms with Crippen molar-refractivity contribution in [2.45, 2.75) is 18.9 Å². The Kier molecular flexibility index (Phi) is 5.71. The molecule has 1 fully saturated rings. The summed E-state index contributed by atoms with van der Waals surface area (Å²) < 4.78 is 5.18. The van der Waals surface area contributed by atoms with E-state index in [1.165, 1.54) is 0 Å². The highest BCUT2D eigenvalue weighted by Crippen LogP contribution is 2.12. The highest BCUT2D eigenvalue weighted by atomic mass is 16.5. The van der Waals surface area contributed by atoms with Gasteiger partial charge < -0.3 is 25.6 Å². The smallest absolute Gasteiger partial charge is 0.328 e. The second-order valence-electron chi connectivity index (χ2n) is 3.98. The van der Waals surface area contributed by atoms with Crippen molar-refractivity contribution >= 4 is 12.0 Å². The summed E-state index contributed by atoms with van der Waals surface area (Å²) in [6.45, 7) is 1.26. The number of hydrogen-bond donors (Lipinski definition) is 4. The molecule has 0 bridgehead atoms. The molecule has 1 aliphatic heterocycles. The van der Waals surface area contributed by atoms with Crippen molar-refractivity contribution < 1.29 is 24.5 Å². The zero-order chi connectivity index (χ0) is 12.7. The topological polar surface area (TPSA) is 108 Å². The fraction of sp³-hybridized carbons (Fsp3) is 0.800. The first kappa shape index (κ1) is 13.7. The monoisotopic (exact) mass is 246 g/mol. The van der Waals surface area contributed by atoms with Crippen LogP contribution in [0.3, 0.4) is 0 Å². The predicted molar refractivity (Wildman–Crippen MR) is 58.6 cm³/mol. The van der Waals surface area contributed by atoms with Crippen molar-refractivity contribution in [1.29, 1.82) is 0 Å². The standard InChI is InChI=1S/C10H18N2O5/c13-6-8(9(14)15)12-10(16)11-5-7-1-3-17-4-2-7/h7-8,13H,1-6H2,(H,14,15)(H2,11,12,16)/t8-/m0/s1. The van der Waals surface area contributed by atoms with Gasteiger partial charge in [-0.15, -0.1) is 0 Å². The molecule has 1 aliphatic rings. The molecule has 98 valence electrons. The third-order valence-corrected chi connectivity index (χ3v) is 2.68. The number of rotatable bonds is 5. The van der Waals surface area contributed by atoms with Crippen molar-refractivity contribution in [2.75, 3.05) is 26.4 Å². The summed E-state index contributed by atoms with van der Waals surface area (Å²) in [6, 6.07) is -1.83. The van der Waals surface area contributed by atoms with Crippen LogP contribution in [0.1, 0.15) is 12.8 Å². The van der Waals surface area contributed by atoms with E-state index in [1.807, 2.05) is 0 Å². The van der Waals surface area contributed by atoms with Gasteiger partial charge in [-0.05, 0) is 18.8 Å². The number of aliphatic hydroxyl groups excluding tert-OH is 1. The first-order chi connectivity index (χ1) is 8.13. The minimum Gasteiger partial charge on any atom is -0.480 e. The number of aliphatic carboxylic acids is 1. The van der Waals surface area contributed by atoms with Gasteiger partial charge in [0.25, 0.3) is 0 Å². The van der Waals surface area contributed by atoms with Gasteiger partial charge in [-0.25, -0.2) is 9.59 Å². The molecule has 0 unspecified atom stereocenters. The van der Waals surface area contributed by atoms with Gasteiger partial charge in [0.05, 0.1) is 6.61 Å². The Bertz CT molecular complexity index is 265. The van der Waals surface area contributed by atoms with Crippen molar-refractivity contribution in [1.82, 2.24) is 10.6 Å². The number of urea groups is 1. The Morgan fingerprint density at radius 1 is 1.35 bits per heavy atom. The maximum atomic E-state index is 11.3. The summed E-state index contributed by atoms with van der Waals surface area (Å²) >= 11 is 0.